The summed E-state index contributed by atoms with van der Waals surface area (Å²) in [5, 5.41) is 30.1. The summed E-state index contributed by atoms with van der Waals surface area (Å²) in [5.74, 6) is -3.53. The molecule has 0 bridgehead atoms. The number of carbonyl (C=O) groups is 12. The van der Waals surface area contributed by atoms with Crippen LogP contribution in [0.1, 0.15) is 178 Å². The summed E-state index contributed by atoms with van der Waals surface area (Å²) in [7, 11) is -2.86. The van der Waals surface area contributed by atoms with E-state index in [0.717, 1.165) is 66.1 Å². The number of aryl methyl sites for hydroxylation is 4. The number of benzene rings is 6. The van der Waals surface area contributed by atoms with E-state index in [2.05, 4.69) is 24.5 Å². The number of hydrogen-bond donors (Lipinski definition) is 9. The number of amides is 10. The van der Waals surface area contributed by atoms with E-state index in [-0.39, 0.29) is 226 Å². The number of likely N-dealkylation sites (N-methyl/N-ethyl adjacent to an activating group) is 2. The zero-order chi connectivity index (χ0) is 107. The van der Waals surface area contributed by atoms with Crippen molar-refractivity contribution in [1.29, 1.82) is 0 Å². The molecule has 14 rings (SSSR count). The third-order valence-corrected chi connectivity index (χ3v) is 33.2. The van der Waals surface area contributed by atoms with E-state index in [1.165, 1.54) is 106 Å². The van der Waals surface area contributed by atoms with E-state index in [1.807, 2.05) is 49.2 Å². The number of thiophene rings is 4. The zero-order valence-electron chi connectivity index (χ0n) is 81.9. The van der Waals surface area contributed by atoms with E-state index in [0.29, 0.717) is 91.6 Å². The highest BCUT2D eigenvalue weighted by Gasteiger charge is 2.43. The van der Waals surface area contributed by atoms with Crippen molar-refractivity contribution >= 4 is 261 Å². The van der Waals surface area contributed by atoms with Crippen LogP contribution in [0.2, 0.25) is 0 Å². The Bertz CT molecular complexity index is 6820. The number of phosphoric acid groups is 1. The van der Waals surface area contributed by atoms with Gasteiger partial charge in [0.2, 0.25) is 35.4 Å². The maximum Gasteiger partial charge on any atom is 0.524 e. The maximum atomic E-state index is 14.3. The van der Waals surface area contributed by atoms with Gasteiger partial charge in [-0.3, -0.25) is 53.5 Å². The molecule has 4 aliphatic heterocycles. The number of halogens is 4. The van der Waals surface area contributed by atoms with Gasteiger partial charge in [-0.1, -0.05) is 32.4 Å². The number of anilines is 5. The lowest BCUT2D eigenvalue weighted by Crippen LogP contribution is -2.48. The fraction of sp³-hybridized carbons (Fsp3) is 0.434. The van der Waals surface area contributed by atoms with E-state index in [9.17, 15) is 91.8 Å². The number of ether oxygens (including phenoxy) is 4. The molecule has 0 unspecified atom stereocenters. The number of rotatable bonds is 43. The first-order valence-electron chi connectivity index (χ1n) is 47.4. The summed E-state index contributed by atoms with van der Waals surface area (Å²) < 4.78 is 47.7. The number of ketones is 2. The summed E-state index contributed by atoms with van der Waals surface area (Å²) in [5.41, 5.74) is 20.9. The average molecular weight is 2240 g/mol. The number of primary amides is 1. The molecular weight excluding hydrogens is 2120 g/mol. The van der Waals surface area contributed by atoms with Gasteiger partial charge in [0.25, 0.3) is 5.69 Å². The van der Waals surface area contributed by atoms with Crippen molar-refractivity contribution in [2.24, 2.45) is 29.2 Å². The number of fused-ring (bicyclic) bond motifs is 12. The first-order valence-corrected chi connectivity index (χ1v) is 57.6. The highest BCUT2D eigenvalue weighted by Crippen LogP contribution is 2.57. The SMILES string of the molecule is CC(=O)C[C@@H](CCCCN)C(=O)N[C@H](C(=O)C[C@@H](CCCNC(N)=O)C(=O)Nc1ccc(COC(=O)N(C)CCN(C)C(=O)Oc2cc3c(c4c(C)csc24)[C@H](CCl)CN3C(=O)CCCC(=O)N2C[C@@H](CCl)c3c2cc(OP(O)(O)=P)c2scc(C)c32)cc1)C(C)C.Cc1csc2c(OC(=O)Oc3ccc([N+](=O)[O-])cc3)cc3c(c12)[C@H](CCl)CN3C(=O)CCCC(=O)N1C[C@@H](CCl)c2c1cc(OP(=O)(O)O)c1scc(C)c21. The molecule has 4 aliphatic rings. The van der Waals surface area contributed by atoms with Crippen molar-refractivity contribution < 1.29 is 115 Å². The minimum Gasteiger partial charge on any atom is -0.445 e. The molecule has 6 aromatic carbocycles. The molecule has 8 heterocycles. The Morgan fingerprint density at radius 3 is 1.34 bits per heavy atom. The molecule has 48 heteroatoms. The molecule has 0 fully saturated rings. The summed E-state index contributed by atoms with van der Waals surface area (Å²) in [6.07, 6.45) is 0.108. The van der Waals surface area contributed by atoms with Gasteiger partial charge in [-0.2, -0.15) is 0 Å². The van der Waals surface area contributed by atoms with Crippen molar-refractivity contribution in [2.75, 3.05) is 115 Å². The topological polar surface area (TPSA) is 509 Å². The monoisotopic (exact) mass is 2230 g/mol. The van der Waals surface area contributed by atoms with Crippen LogP contribution in [0.3, 0.4) is 0 Å². The lowest BCUT2D eigenvalue weighted by atomic mass is 9.88. The number of hydrogen-bond acceptors (Lipinski definition) is 26. The number of carbonyl (C=O) groups excluding carboxylic acids is 12. The second kappa shape index (κ2) is 49.8. The van der Waals surface area contributed by atoms with Gasteiger partial charge in [-0.15, -0.1) is 91.8 Å². The zero-order valence-corrected chi connectivity index (χ0v) is 91.0. The minimum atomic E-state index is -4.91. The quantitative estimate of drug-likeness (QED) is 0.00326. The molecule has 788 valence electrons. The summed E-state index contributed by atoms with van der Waals surface area (Å²) in [6.45, 7) is 14.4. The fourth-order valence-electron chi connectivity index (χ4n) is 19.0. The van der Waals surface area contributed by atoms with E-state index in [1.54, 1.807) is 75.9 Å². The van der Waals surface area contributed by atoms with E-state index < -0.39 is 74.0 Å². The Kier molecular flexibility index (Phi) is 38.5. The summed E-state index contributed by atoms with van der Waals surface area (Å²) in [4.78, 5) is 220. The third-order valence-electron chi connectivity index (χ3n) is 26.1. The van der Waals surface area contributed by atoms with Gasteiger partial charge in [-0.05, 0) is 190 Å². The van der Waals surface area contributed by atoms with Gasteiger partial charge in [-0.25, -0.2) is 23.7 Å². The van der Waals surface area contributed by atoms with E-state index >= 15 is 0 Å². The molecular formula is C99H115Cl4N12O25P3S4. The number of Topliss-reactive ketones (excluding diaryl/α,β-unsaturated/α-hetero) is 2. The molecule has 147 heavy (non-hydrogen) atoms. The molecule has 0 saturated carbocycles. The van der Waals surface area contributed by atoms with E-state index in [4.69, 9.17) is 85.9 Å². The van der Waals surface area contributed by atoms with Gasteiger partial charge in [0, 0.05) is 221 Å². The van der Waals surface area contributed by atoms with Crippen LogP contribution >= 0.6 is 115 Å². The number of urea groups is 1. The number of alkyl halides is 4. The molecule has 0 radical (unpaired) electrons. The Hall–Kier alpha value is -10.7. The van der Waals surface area contributed by atoms with Crippen LogP contribution in [-0.4, -0.2) is 202 Å². The Labute approximate surface area is 885 Å². The molecule has 7 atom stereocenters. The van der Waals surface area contributed by atoms with Crippen LogP contribution in [0.15, 0.2) is 94.3 Å². The highest BCUT2D eigenvalue weighted by molar-refractivity contribution is 7.88. The predicted molar refractivity (Wildman–Crippen MR) is 575 cm³/mol. The second-order valence-corrected chi connectivity index (χ2v) is 46.1. The van der Waals surface area contributed by atoms with Gasteiger partial charge < -0.3 is 99.4 Å². The third kappa shape index (κ3) is 27.2. The second-order valence-electron chi connectivity index (χ2n) is 37.1. The number of nitrogens with two attached hydrogens (primary N) is 2. The molecule has 0 spiro atoms. The van der Waals surface area contributed by atoms with Crippen molar-refractivity contribution in [3.63, 3.8) is 0 Å². The van der Waals surface area contributed by atoms with Crippen LogP contribution in [0.25, 0.3) is 40.3 Å². The minimum absolute atomic E-state index is 0.000671. The van der Waals surface area contributed by atoms with Crippen LogP contribution in [-0.2, 0) is 54.3 Å². The Morgan fingerprint density at radius 2 is 0.946 bits per heavy atom. The van der Waals surface area contributed by atoms with Crippen LogP contribution in [0.5, 0.6) is 28.7 Å². The van der Waals surface area contributed by atoms with Crippen LogP contribution in [0.4, 0.5) is 53.3 Å². The lowest BCUT2D eigenvalue weighted by Gasteiger charge is -2.26. The molecule has 10 amide bonds. The normalized spacial score (nSPS) is 15.7. The van der Waals surface area contributed by atoms with Crippen molar-refractivity contribution in [3.8, 4) is 28.7 Å². The van der Waals surface area contributed by atoms with Crippen molar-refractivity contribution in [1.82, 2.24) is 20.4 Å². The number of phosphoric ester groups is 1. The number of nitro benzene ring substituents is 1. The predicted octanol–water partition coefficient (Wildman–Crippen LogP) is 19.6. The van der Waals surface area contributed by atoms with Crippen molar-refractivity contribution in [3.05, 3.63) is 155 Å². The standard InChI is InChI=1S/C63H83Cl2N9O14P2S2.C36H32Cl2N3O11PS2/c1-35(2)56(70-60(80)40(24-38(5)75)12-8-9-20-66)47(76)25-41(13-11-21-68-61(67)81)59(79)69-44-18-16-39(17-19-44)32-86-62(82)71(6)22-23-72(7)63(83)87-48-26-45-54(52-36(3)33-91-57(48)52)42(28-64)30-73(45)50(77)14-10-15-51(78)74-31-43(29-65)55-46(74)27-49(88-90(84,85)89)58-53(55)37(4)34-92-58;1-18-16-54-34-26(51-36(44)50-23-8-6-22(7-9-23)41(45)46)10-24-32(30(18)34)20(12-37)14-39(24)28(42)4-3-5-29(43)40-15-21(13-38)33-25(40)11-27(52-53(47,48)49)35-31(33)19(2)17-55-35/h16-19,26-27,33-35,40-43,56,84-85,89H,8-15,20-25,28-32,66H2,1-7H3,(H,69,79)(H,70,80)(H3,67,68,81);6-11,16-17,20-21H,3-5,12-15H2,1-2H3,(H2,47,48,49)/t40-,41-,42-,43-,56+;20-,21-/m11/s1. The Balaban J connectivity index is 0.000000278. The van der Waals surface area contributed by atoms with Gasteiger partial charge in [0.05, 0.1) is 52.5 Å². The molecule has 10 aromatic rings. The maximum absolute atomic E-state index is 14.3. The summed E-state index contributed by atoms with van der Waals surface area (Å²) >= 11 is 31.4. The fourth-order valence-corrected chi connectivity index (χ4v) is 25.3. The molecule has 0 aliphatic carbocycles. The van der Waals surface area contributed by atoms with Crippen LogP contribution in [0, 0.1) is 55.6 Å². The first-order chi connectivity index (χ1) is 69.8. The first kappa shape index (κ1) is 113. The number of non-ortho nitro benzene ring substituents is 1. The Morgan fingerprint density at radius 1 is 0.544 bits per heavy atom. The number of nitrogens with zero attached hydrogens (tertiary/aromatic N) is 7. The van der Waals surface area contributed by atoms with Crippen LogP contribution < -0.4 is 70.3 Å². The number of unbranched alkanes of at least 4 members (excludes halogenated alkanes) is 1. The van der Waals surface area contributed by atoms with Gasteiger partial charge >= 0.3 is 39.4 Å². The lowest BCUT2D eigenvalue weighted by molar-refractivity contribution is -0.384. The number of nitrogens with one attached hydrogen (secondary N) is 3. The highest BCUT2D eigenvalue weighted by atomic mass is 35.5. The molecule has 37 nitrogen and oxygen atoms in total. The number of nitro groups is 1. The molecule has 11 N–H and O–H groups in total. The molecule has 0 saturated heterocycles. The molecule has 4 aromatic heterocycles. The summed E-state index contributed by atoms with van der Waals surface area (Å²) in [6, 6.07) is 16.3. The van der Waals surface area contributed by atoms with Gasteiger partial charge in [0.1, 0.15) is 23.9 Å². The van der Waals surface area contributed by atoms with Crippen molar-refractivity contribution in [2.45, 2.75) is 168 Å². The van der Waals surface area contributed by atoms with Gasteiger partial charge in [0.15, 0.2) is 23.0 Å². The smallest absolute Gasteiger partial charge is 0.445 e. The average Bonchev–Trinajstić information content (AvgIpc) is 1.59. The largest absolute Gasteiger partial charge is 0.524 e.